The van der Waals surface area contributed by atoms with Gasteiger partial charge in [0.2, 0.25) is 0 Å². The summed E-state index contributed by atoms with van der Waals surface area (Å²) >= 11 is 0. The van der Waals surface area contributed by atoms with Gasteiger partial charge in [0.15, 0.2) is 27.8 Å². The van der Waals surface area contributed by atoms with Crippen LogP contribution in [0.15, 0.2) is 0 Å². The predicted octanol–water partition coefficient (Wildman–Crippen LogP) is -2.52. The van der Waals surface area contributed by atoms with Crippen LogP contribution in [0.25, 0.3) is 0 Å². The molecule has 3 nitrogen and oxygen atoms in total. The SMILES string of the molecule is O=[PH](O)O[SiH3].[AlH3]. The van der Waals surface area contributed by atoms with Crippen LogP contribution in [0.3, 0.4) is 0 Å². The summed E-state index contributed by atoms with van der Waals surface area (Å²) in [5.74, 6) is 0. The summed E-state index contributed by atoms with van der Waals surface area (Å²) in [5, 5.41) is 0. The fourth-order valence-corrected chi connectivity index (χ4v) is 0. The Hall–Kier alpha value is 0.899. The molecule has 1 atom stereocenters. The molecule has 0 saturated carbocycles. The molecule has 6 heteroatoms. The first-order valence-corrected chi connectivity index (χ1v) is 3.12. The molecular weight excluding hydrogens is 134 g/mol. The fraction of sp³-hybridized carbons (Fsp3) is 0. The molecule has 0 spiro atoms. The van der Waals surface area contributed by atoms with E-state index in [2.05, 4.69) is 4.21 Å². The molecule has 0 aliphatic rings. The van der Waals surface area contributed by atoms with Crippen molar-refractivity contribution in [2.24, 2.45) is 0 Å². The molecule has 1 N–H and O–H groups in total. The molecule has 38 valence electrons. The van der Waals surface area contributed by atoms with Gasteiger partial charge < -0.3 is 9.11 Å². The Morgan fingerprint density at radius 3 is 2.00 bits per heavy atom. The highest BCUT2D eigenvalue weighted by Crippen LogP contribution is 2.08. The third kappa shape index (κ3) is 8.86. The first kappa shape index (κ1) is 10.0. The zero-order valence-corrected chi connectivity index (χ0v) is 5.76. The maximum absolute atomic E-state index is 9.37. The van der Waals surface area contributed by atoms with E-state index in [9.17, 15) is 4.57 Å². The van der Waals surface area contributed by atoms with Crippen molar-refractivity contribution < 1.29 is 13.7 Å². The molecule has 0 aliphatic heterocycles. The van der Waals surface area contributed by atoms with Gasteiger partial charge in [0.1, 0.15) is 0 Å². The summed E-state index contributed by atoms with van der Waals surface area (Å²) in [6.07, 6.45) is 0. The van der Waals surface area contributed by atoms with Gasteiger partial charge in [-0.05, 0) is 0 Å². The molecule has 0 aliphatic carbocycles. The van der Waals surface area contributed by atoms with Gasteiger partial charge in [-0.15, -0.1) is 0 Å². The second kappa shape index (κ2) is 5.90. The Morgan fingerprint density at radius 1 is 1.83 bits per heavy atom. The molecule has 0 radical (unpaired) electrons. The van der Waals surface area contributed by atoms with Crippen LogP contribution >= 0.6 is 8.25 Å². The van der Waals surface area contributed by atoms with Gasteiger partial charge in [-0.25, -0.2) is 0 Å². The van der Waals surface area contributed by atoms with Crippen molar-refractivity contribution >= 4 is 36.1 Å². The fourth-order valence-electron chi connectivity index (χ4n) is 0. The molecule has 6 heavy (non-hydrogen) atoms. The monoisotopic (exact) mass is 142 g/mol. The molecule has 0 aromatic heterocycles. The van der Waals surface area contributed by atoms with E-state index in [1.165, 1.54) is 0 Å². The van der Waals surface area contributed by atoms with E-state index in [1.807, 2.05) is 0 Å². The van der Waals surface area contributed by atoms with Gasteiger partial charge in [-0.1, -0.05) is 0 Å². The molecule has 1 unspecified atom stereocenters. The molecule has 0 fully saturated rings. The Kier molecular flexibility index (Phi) is 9.84. The first-order valence-electron chi connectivity index (χ1n) is 1.04. The van der Waals surface area contributed by atoms with Crippen LogP contribution in [0.5, 0.6) is 0 Å². The van der Waals surface area contributed by atoms with Crippen LogP contribution in [0.2, 0.25) is 0 Å². The Morgan fingerprint density at radius 2 is 2.00 bits per heavy atom. The molecule has 0 aromatic carbocycles. The van der Waals surface area contributed by atoms with Crippen LogP contribution in [-0.2, 0) is 8.78 Å². The van der Waals surface area contributed by atoms with Gasteiger partial charge in [0.05, 0.1) is 0 Å². The van der Waals surface area contributed by atoms with Crippen molar-refractivity contribution in [2.45, 2.75) is 0 Å². The van der Waals surface area contributed by atoms with Crippen molar-refractivity contribution in [3.8, 4) is 0 Å². The van der Waals surface area contributed by atoms with Gasteiger partial charge in [-0.3, -0.25) is 4.57 Å². The summed E-state index contributed by atoms with van der Waals surface area (Å²) < 4.78 is 13.4. The third-order valence-corrected chi connectivity index (χ3v) is 1.57. The summed E-state index contributed by atoms with van der Waals surface area (Å²) in [4.78, 5) is 7.72. The van der Waals surface area contributed by atoms with Crippen LogP contribution in [0.4, 0.5) is 0 Å². The lowest BCUT2D eigenvalue weighted by Crippen LogP contribution is -1.61. The molecule has 0 amide bonds. The lowest BCUT2D eigenvalue weighted by atomic mass is 15.8. The third-order valence-electron chi connectivity index (χ3n) is 0.175. The minimum absolute atomic E-state index is 0. The molecule has 0 rings (SSSR count). The highest BCUT2D eigenvalue weighted by molar-refractivity contribution is 7.33. The molecule has 0 aromatic rings. The molecule has 0 bridgehead atoms. The van der Waals surface area contributed by atoms with E-state index in [0.717, 1.165) is 0 Å². The van der Waals surface area contributed by atoms with Crippen LogP contribution < -0.4 is 0 Å². The zero-order chi connectivity index (χ0) is 4.28. The zero-order valence-electron chi connectivity index (χ0n) is 2.76. The standard InChI is InChI=1S/Al.H5O3PSi.3H/c;1-4(2)3-5;;;/h;4H,5H3,(H,1,2);;;. The summed E-state index contributed by atoms with van der Waals surface area (Å²) in [6.45, 7) is 0. The smallest absolute Gasteiger partial charge is 0.305 e. The lowest BCUT2D eigenvalue weighted by molar-refractivity contribution is 0.424. The quantitative estimate of drug-likeness (QED) is 0.324. The van der Waals surface area contributed by atoms with E-state index in [1.54, 1.807) is 0 Å². The molecule has 0 heterocycles. The van der Waals surface area contributed by atoms with Crippen molar-refractivity contribution in [1.82, 2.24) is 0 Å². The van der Waals surface area contributed by atoms with Crippen molar-refractivity contribution in [3.05, 3.63) is 0 Å². The maximum Gasteiger partial charge on any atom is 0.305 e. The van der Waals surface area contributed by atoms with E-state index in [-0.39, 0.29) is 17.4 Å². The summed E-state index contributed by atoms with van der Waals surface area (Å²) in [5.41, 5.74) is 0. The molecular formula is H8AlO3PSi. The summed E-state index contributed by atoms with van der Waals surface area (Å²) in [6, 6.07) is 0. The van der Waals surface area contributed by atoms with Gasteiger partial charge in [0.25, 0.3) is 0 Å². The summed E-state index contributed by atoms with van der Waals surface area (Å²) in [7, 11) is -2.21. The van der Waals surface area contributed by atoms with Gasteiger partial charge in [-0.2, -0.15) is 0 Å². The number of rotatable bonds is 1. The number of hydrogen-bond donors (Lipinski definition) is 1. The average Bonchev–Trinajstić information content (AvgIpc) is 1.38. The van der Waals surface area contributed by atoms with E-state index in [0.29, 0.717) is 10.5 Å². The minimum atomic E-state index is -2.56. The minimum Gasteiger partial charge on any atom is -0.365 e. The van der Waals surface area contributed by atoms with Crippen LogP contribution in [0.1, 0.15) is 0 Å². The van der Waals surface area contributed by atoms with Crippen molar-refractivity contribution in [3.63, 3.8) is 0 Å². The Balaban J connectivity index is 0. The van der Waals surface area contributed by atoms with E-state index < -0.39 is 8.25 Å². The maximum atomic E-state index is 9.37. The largest absolute Gasteiger partial charge is 0.365 e. The van der Waals surface area contributed by atoms with Gasteiger partial charge >= 0.3 is 8.25 Å². The number of hydrogen-bond acceptors (Lipinski definition) is 2. The normalized spacial score (nSPS) is 12.8. The average molecular weight is 142 g/mol. The highest BCUT2D eigenvalue weighted by atomic mass is 31.1. The van der Waals surface area contributed by atoms with Crippen molar-refractivity contribution in [1.29, 1.82) is 0 Å². The van der Waals surface area contributed by atoms with Gasteiger partial charge in [0, 0.05) is 0 Å². The Labute approximate surface area is 50.3 Å². The lowest BCUT2D eigenvalue weighted by Gasteiger charge is -1.79. The van der Waals surface area contributed by atoms with E-state index in [4.69, 9.17) is 4.89 Å². The van der Waals surface area contributed by atoms with Crippen LogP contribution in [0, 0.1) is 0 Å². The highest BCUT2D eigenvalue weighted by Gasteiger charge is 1.73. The second-order valence-corrected chi connectivity index (χ2v) is 2.63. The van der Waals surface area contributed by atoms with Crippen molar-refractivity contribution in [2.75, 3.05) is 0 Å². The molecule has 0 saturated heterocycles. The first-order chi connectivity index (χ1) is 2.27. The topological polar surface area (TPSA) is 46.5 Å². The predicted molar refractivity (Wildman–Crippen MR) is 32.2 cm³/mol. The Bertz CT molecular complexity index is 46.1. The second-order valence-electron chi connectivity index (χ2n) is 0.470. The van der Waals surface area contributed by atoms with E-state index >= 15 is 0 Å². The van der Waals surface area contributed by atoms with Crippen LogP contribution in [-0.4, -0.2) is 32.7 Å².